The number of H-pyrrole nitrogens is 1. The summed E-state index contributed by atoms with van der Waals surface area (Å²) in [5.74, 6) is -1.46. The second-order valence-electron chi connectivity index (χ2n) is 6.94. The number of carbonyl (C=O) groups excluding carboxylic acids is 1. The van der Waals surface area contributed by atoms with E-state index in [1.807, 2.05) is 20.8 Å². The van der Waals surface area contributed by atoms with Gasteiger partial charge in [0, 0.05) is 17.3 Å². The molecule has 7 nitrogen and oxygen atoms in total. The molecule has 0 spiro atoms. The molecule has 2 N–H and O–H groups in total. The topological polar surface area (TPSA) is 96.9 Å². The minimum atomic E-state index is -0.720. The molecule has 9 heteroatoms. The van der Waals surface area contributed by atoms with Gasteiger partial charge in [-0.15, -0.1) is 0 Å². The van der Waals surface area contributed by atoms with Crippen molar-refractivity contribution in [3.05, 3.63) is 67.2 Å². The maximum Gasteiger partial charge on any atom is 0.329 e. The van der Waals surface area contributed by atoms with Crippen LogP contribution in [0, 0.1) is 5.82 Å². The number of fused-ring (bicyclic) bond motifs is 1. The van der Waals surface area contributed by atoms with Crippen LogP contribution in [0.5, 0.6) is 0 Å². The van der Waals surface area contributed by atoms with Gasteiger partial charge in [0.25, 0.3) is 11.5 Å². The Balaban J connectivity index is 2.25. The first-order valence-corrected chi connectivity index (χ1v) is 9.54. The molecule has 1 aromatic carbocycles. The molecule has 0 saturated carbocycles. The van der Waals surface area contributed by atoms with Gasteiger partial charge in [-0.05, 0) is 36.6 Å². The number of anilines is 1. The fourth-order valence-corrected chi connectivity index (χ4v) is 3.14. The lowest BCUT2D eigenvalue weighted by Crippen LogP contribution is -2.32. The maximum atomic E-state index is 14.1. The van der Waals surface area contributed by atoms with Gasteiger partial charge in [0.2, 0.25) is 0 Å². The Morgan fingerprint density at radius 3 is 2.66 bits per heavy atom. The highest BCUT2D eigenvalue weighted by molar-refractivity contribution is 6.30. The molecule has 3 aromatic rings. The van der Waals surface area contributed by atoms with E-state index in [-0.39, 0.29) is 33.2 Å². The molecule has 2 heterocycles. The summed E-state index contributed by atoms with van der Waals surface area (Å²) in [6.07, 6.45) is 0.631. The minimum Gasteiger partial charge on any atom is -0.319 e. The highest BCUT2D eigenvalue weighted by atomic mass is 35.5. The van der Waals surface area contributed by atoms with Crippen molar-refractivity contribution in [3.63, 3.8) is 0 Å². The van der Waals surface area contributed by atoms with Crippen LogP contribution in [-0.2, 0) is 6.54 Å². The predicted molar refractivity (Wildman–Crippen MR) is 110 cm³/mol. The molecule has 0 saturated heterocycles. The SMILES string of the molecule is CCCn1c(=O)[nH]c(=O)c2c(C(=O)Nc3ccc(Cl)cc3F)cc(C(C)C)nc21. The van der Waals surface area contributed by atoms with Crippen molar-refractivity contribution in [2.45, 2.75) is 39.7 Å². The van der Waals surface area contributed by atoms with Crippen LogP contribution in [-0.4, -0.2) is 20.4 Å². The second-order valence-corrected chi connectivity index (χ2v) is 7.37. The Hall–Kier alpha value is -3.00. The normalized spacial score (nSPS) is 11.2. The summed E-state index contributed by atoms with van der Waals surface area (Å²) in [6.45, 7) is 5.97. The number of amides is 1. The van der Waals surface area contributed by atoms with Crippen LogP contribution in [0.15, 0.2) is 33.9 Å². The van der Waals surface area contributed by atoms with E-state index in [9.17, 15) is 18.8 Å². The monoisotopic (exact) mass is 418 g/mol. The third-order valence-corrected chi connectivity index (χ3v) is 4.67. The van der Waals surface area contributed by atoms with Crippen molar-refractivity contribution in [2.24, 2.45) is 0 Å². The Bertz CT molecular complexity index is 1220. The van der Waals surface area contributed by atoms with E-state index in [2.05, 4.69) is 15.3 Å². The number of rotatable bonds is 5. The number of nitrogens with one attached hydrogen (secondary N) is 2. The van der Waals surface area contributed by atoms with E-state index in [1.165, 1.54) is 22.8 Å². The van der Waals surface area contributed by atoms with Crippen molar-refractivity contribution in [3.8, 4) is 0 Å². The number of hydrogen-bond donors (Lipinski definition) is 2. The first-order chi connectivity index (χ1) is 13.7. The average molecular weight is 419 g/mol. The smallest absolute Gasteiger partial charge is 0.319 e. The van der Waals surface area contributed by atoms with Crippen LogP contribution in [0.3, 0.4) is 0 Å². The van der Waals surface area contributed by atoms with Gasteiger partial charge in [0.1, 0.15) is 5.82 Å². The molecule has 2 aromatic heterocycles. The quantitative estimate of drug-likeness (QED) is 0.660. The molecule has 29 heavy (non-hydrogen) atoms. The fraction of sp³-hybridized carbons (Fsp3) is 0.300. The van der Waals surface area contributed by atoms with Gasteiger partial charge in [-0.25, -0.2) is 14.2 Å². The van der Waals surface area contributed by atoms with Crippen molar-refractivity contribution in [1.82, 2.24) is 14.5 Å². The summed E-state index contributed by atoms with van der Waals surface area (Å²) in [7, 11) is 0. The van der Waals surface area contributed by atoms with Crippen LogP contribution >= 0.6 is 11.6 Å². The molecule has 0 fully saturated rings. The number of aryl methyl sites for hydroxylation is 1. The lowest BCUT2D eigenvalue weighted by atomic mass is 10.0. The molecule has 152 valence electrons. The Labute approximate surface area is 170 Å². The average Bonchev–Trinajstić information content (AvgIpc) is 2.66. The molecular weight excluding hydrogens is 399 g/mol. The predicted octanol–water partition coefficient (Wildman–Crippen LogP) is 3.66. The van der Waals surface area contributed by atoms with E-state index in [4.69, 9.17) is 11.6 Å². The van der Waals surface area contributed by atoms with E-state index >= 15 is 0 Å². The third kappa shape index (κ3) is 4.07. The molecule has 0 unspecified atom stereocenters. The van der Waals surface area contributed by atoms with Crippen molar-refractivity contribution < 1.29 is 9.18 Å². The van der Waals surface area contributed by atoms with Gasteiger partial charge < -0.3 is 5.32 Å². The van der Waals surface area contributed by atoms with E-state index < -0.39 is 23.0 Å². The van der Waals surface area contributed by atoms with Crippen LogP contribution in [0.1, 0.15) is 49.2 Å². The summed E-state index contributed by atoms with van der Waals surface area (Å²) < 4.78 is 15.5. The van der Waals surface area contributed by atoms with Crippen LogP contribution in [0.2, 0.25) is 5.02 Å². The van der Waals surface area contributed by atoms with Crippen LogP contribution in [0.4, 0.5) is 10.1 Å². The van der Waals surface area contributed by atoms with Gasteiger partial charge in [0.15, 0.2) is 5.65 Å². The molecule has 0 aliphatic heterocycles. The zero-order valence-corrected chi connectivity index (χ0v) is 16.9. The van der Waals surface area contributed by atoms with Crippen molar-refractivity contribution in [2.75, 3.05) is 5.32 Å². The zero-order valence-electron chi connectivity index (χ0n) is 16.2. The van der Waals surface area contributed by atoms with Gasteiger partial charge in [-0.1, -0.05) is 32.4 Å². The largest absolute Gasteiger partial charge is 0.329 e. The first-order valence-electron chi connectivity index (χ1n) is 9.17. The molecule has 0 aliphatic rings. The van der Waals surface area contributed by atoms with Gasteiger partial charge >= 0.3 is 5.69 Å². The molecule has 1 amide bonds. The maximum absolute atomic E-state index is 14.1. The lowest BCUT2D eigenvalue weighted by molar-refractivity contribution is 0.102. The molecule has 0 bridgehead atoms. The van der Waals surface area contributed by atoms with E-state index in [1.54, 1.807) is 0 Å². The number of halogens is 2. The minimum absolute atomic E-state index is 0.0131. The second kappa shape index (κ2) is 8.16. The number of benzene rings is 1. The summed E-state index contributed by atoms with van der Waals surface area (Å²) in [6, 6.07) is 5.34. The standard InChI is InChI=1S/C20H20ClFN4O3/c1-4-7-26-17-16(19(28)25-20(26)29)12(9-15(23-17)10(2)3)18(27)24-14-6-5-11(21)8-13(14)22/h5-6,8-10H,4,7H2,1-3H3,(H,24,27)(H,25,28,29). The number of nitrogens with zero attached hydrogens (tertiary/aromatic N) is 2. The Kier molecular flexibility index (Phi) is 5.83. The molecule has 0 aliphatic carbocycles. The van der Waals surface area contributed by atoms with E-state index in [0.29, 0.717) is 18.7 Å². The summed E-state index contributed by atoms with van der Waals surface area (Å²) >= 11 is 5.75. The number of aromatic amines is 1. The van der Waals surface area contributed by atoms with Gasteiger partial charge in [-0.2, -0.15) is 0 Å². The van der Waals surface area contributed by atoms with Crippen LogP contribution < -0.4 is 16.6 Å². The van der Waals surface area contributed by atoms with Crippen molar-refractivity contribution >= 4 is 34.2 Å². The highest BCUT2D eigenvalue weighted by Gasteiger charge is 2.21. The Morgan fingerprint density at radius 1 is 1.31 bits per heavy atom. The van der Waals surface area contributed by atoms with Gasteiger partial charge in [0.05, 0.1) is 16.6 Å². The number of hydrogen-bond acceptors (Lipinski definition) is 4. The number of aromatic nitrogens is 3. The van der Waals surface area contributed by atoms with Crippen LogP contribution in [0.25, 0.3) is 11.0 Å². The molecule has 3 rings (SSSR count). The third-order valence-electron chi connectivity index (χ3n) is 4.43. The number of pyridine rings is 1. The molecule has 0 atom stereocenters. The fourth-order valence-electron chi connectivity index (χ4n) is 2.98. The van der Waals surface area contributed by atoms with Gasteiger partial charge in [-0.3, -0.25) is 19.1 Å². The molecule has 0 radical (unpaired) electrons. The molecular formula is C20H20ClFN4O3. The Morgan fingerprint density at radius 2 is 2.03 bits per heavy atom. The zero-order chi connectivity index (χ0) is 21.3. The highest BCUT2D eigenvalue weighted by Crippen LogP contribution is 2.23. The summed E-state index contributed by atoms with van der Waals surface area (Å²) in [5, 5.41) is 2.64. The van der Waals surface area contributed by atoms with Crippen molar-refractivity contribution in [1.29, 1.82) is 0 Å². The summed E-state index contributed by atoms with van der Waals surface area (Å²) in [5.41, 5.74) is -0.703. The lowest BCUT2D eigenvalue weighted by Gasteiger charge is -2.14. The van der Waals surface area contributed by atoms with E-state index in [0.717, 1.165) is 6.07 Å². The first kappa shape index (κ1) is 20.7. The summed E-state index contributed by atoms with van der Waals surface area (Å²) in [4.78, 5) is 44.5. The number of carbonyl (C=O) groups is 1.